The number of rotatable bonds is 19. The lowest BCUT2D eigenvalue weighted by Gasteiger charge is -2.36. The minimum absolute atomic E-state index is 0.0549. The Morgan fingerprint density at radius 3 is 2.00 bits per heavy atom. The fourth-order valence-corrected chi connectivity index (χ4v) is 9.20. The van der Waals surface area contributed by atoms with Crippen LogP contribution in [0.15, 0.2) is 60.7 Å². The first-order valence-corrected chi connectivity index (χ1v) is 22.8. The van der Waals surface area contributed by atoms with Gasteiger partial charge in [-0.1, -0.05) is 60.7 Å². The molecule has 9 amide bonds. The predicted molar refractivity (Wildman–Crippen MR) is 238 cm³/mol. The molecule has 2 aromatic carbocycles. The van der Waals surface area contributed by atoms with Crippen molar-refractivity contribution in [3.05, 3.63) is 71.8 Å². The minimum Gasteiger partial charge on any atom is -0.391 e. The molecule has 10 N–H and O–H groups in total. The molecule has 20 heteroatoms. The van der Waals surface area contributed by atoms with Gasteiger partial charge in [0.2, 0.25) is 53.2 Å². The Labute approximate surface area is 383 Å². The summed E-state index contributed by atoms with van der Waals surface area (Å²) in [5.74, 6) is -5.41. The molecule has 66 heavy (non-hydrogen) atoms. The summed E-state index contributed by atoms with van der Waals surface area (Å²) in [5.41, 5.74) is 7.07. The van der Waals surface area contributed by atoms with Crippen molar-refractivity contribution in [3.8, 4) is 0 Å². The van der Waals surface area contributed by atoms with Crippen molar-refractivity contribution in [3.63, 3.8) is 0 Å². The van der Waals surface area contributed by atoms with Gasteiger partial charge in [0, 0.05) is 25.4 Å². The number of nitrogens with zero attached hydrogens (tertiary/aromatic N) is 2. The first kappa shape index (κ1) is 49.0. The number of piperidine rings is 1. The molecule has 0 saturated carbocycles. The molecular weight excluding hydrogens is 853 g/mol. The zero-order valence-corrected chi connectivity index (χ0v) is 37.3. The van der Waals surface area contributed by atoms with E-state index in [2.05, 4.69) is 37.2 Å². The number of hydrogen-bond donors (Lipinski definition) is 9. The van der Waals surface area contributed by atoms with Crippen LogP contribution in [-0.2, 0) is 56.0 Å². The van der Waals surface area contributed by atoms with Crippen LogP contribution in [0.4, 0.5) is 0 Å². The van der Waals surface area contributed by atoms with Gasteiger partial charge in [-0.15, -0.1) is 0 Å². The first-order valence-electron chi connectivity index (χ1n) is 22.8. The number of benzene rings is 2. The maximum absolute atomic E-state index is 13.9. The summed E-state index contributed by atoms with van der Waals surface area (Å²) < 4.78 is 0. The number of carbonyl (C=O) groups excluding carboxylic acids is 9. The minimum atomic E-state index is -1.30. The van der Waals surface area contributed by atoms with E-state index < -0.39 is 114 Å². The zero-order chi connectivity index (χ0) is 47.5. The number of amides is 9. The molecule has 0 spiro atoms. The van der Waals surface area contributed by atoms with Gasteiger partial charge in [-0.2, -0.15) is 0 Å². The van der Waals surface area contributed by atoms with Gasteiger partial charge in [0.25, 0.3) is 0 Å². The van der Waals surface area contributed by atoms with Crippen LogP contribution in [0.2, 0.25) is 0 Å². The highest BCUT2D eigenvalue weighted by atomic mass is 16.3. The van der Waals surface area contributed by atoms with E-state index in [-0.39, 0.29) is 38.3 Å². The van der Waals surface area contributed by atoms with Crippen LogP contribution in [0.3, 0.4) is 0 Å². The van der Waals surface area contributed by atoms with Crippen LogP contribution >= 0.6 is 0 Å². The largest absolute Gasteiger partial charge is 0.391 e. The van der Waals surface area contributed by atoms with Gasteiger partial charge in [-0.3, -0.25) is 43.2 Å². The molecule has 6 rings (SSSR count). The summed E-state index contributed by atoms with van der Waals surface area (Å²) in [5, 5.41) is 29.3. The second-order valence-corrected chi connectivity index (χ2v) is 17.6. The van der Waals surface area contributed by atoms with E-state index in [9.17, 15) is 48.3 Å². The van der Waals surface area contributed by atoms with E-state index in [1.807, 2.05) is 6.07 Å². The van der Waals surface area contributed by atoms with Crippen LogP contribution in [0, 0.1) is 0 Å². The summed E-state index contributed by atoms with van der Waals surface area (Å²) in [6, 6.07) is 9.56. The van der Waals surface area contributed by atoms with E-state index in [4.69, 9.17) is 5.73 Å². The number of nitrogens with two attached hydrogens (primary N) is 1. The molecule has 4 fully saturated rings. The van der Waals surface area contributed by atoms with Crippen LogP contribution in [0.1, 0.15) is 76.3 Å². The molecule has 20 nitrogen and oxygen atoms in total. The molecule has 356 valence electrons. The van der Waals surface area contributed by atoms with E-state index in [1.165, 1.54) is 23.6 Å². The predicted octanol–water partition coefficient (Wildman–Crippen LogP) is -2.21. The lowest BCUT2D eigenvalue weighted by molar-refractivity contribution is -0.144. The van der Waals surface area contributed by atoms with Crippen LogP contribution < -0.4 is 43.0 Å². The van der Waals surface area contributed by atoms with Crippen LogP contribution in [0.25, 0.3) is 0 Å². The fraction of sp³-hybridized carbons (Fsp3) is 0.543. The monoisotopic (exact) mass is 914 g/mol. The van der Waals surface area contributed by atoms with Crippen molar-refractivity contribution < 1.29 is 48.3 Å². The zero-order valence-electron chi connectivity index (χ0n) is 37.3. The van der Waals surface area contributed by atoms with E-state index in [1.54, 1.807) is 54.6 Å². The SMILES string of the molecule is C[C@H](NC(=O)[C@H](Cc1ccccc1)NC(=O)[C@@H]1CCCN1C(=O)CNC(=O)[C@@H]1CCC[C@@H]2C[C@H](NC(=O)[C@@H](NC(=O)[C@@H]3CCCN3)[C@@H](C)O)C(=O)N21)C(=O)N[C@@H](Cc1ccccc1)C(N)=O. The summed E-state index contributed by atoms with van der Waals surface area (Å²) in [6.45, 7) is 3.23. The average Bonchev–Trinajstić information content (AvgIpc) is 4.09. The van der Waals surface area contributed by atoms with Crippen molar-refractivity contribution in [1.82, 2.24) is 47.0 Å². The maximum Gasteiger partial charge on any atom is 0.246 e. The fourth-order valence-electron chi connectivity index (χ4n) is 9.20. The molecule has 10 atom stereocenters. The highest BCUT2D eigenvalue weighted by molar-refractivity contribution is 5.98. The van der Waals surface area contributed by atoms with Gasteiger partial charge in [0.15, 0.2) is 0 Å². The molecule has 4 aliphatic heterocycles. The number of fused-ring (bicyclic) bond motifs is 1. The molecule has 0 aromatic heterocycles. The quantitative estimate of drug-likeness (QED) is 0.0729. The molecular formula is C46H62N10O10. The Morgan fingerprint density at radius 1 is 0.727 bits per heavy atom. The van der Waals surface area contributed by atoms with Gasteiger partial charge in [0.05, 0.1) is 18.7 Å². The average molecular weight is 915 g/mol. The van der Waals surface area contributed by atoms with Gasteiger partial charge >= 0.3 is 0 Å². The summed E-state index contributed by atoms with van der Waals surface area (Å²) in [4.78, 5) is 123. The van der Waals surface area contributed by atoms with Gasteiger partial charge < -0.3 is 57.9 Å². The third-order valence-corrected chi connectivity index (χ3v) is 12.8. The lowest BCUT2D eigenvalue weighted by atomic mass is 9.95. The van der Waals surface area contributed by atoms with Crippen molar-refractivity contribution in [2.75, 3.05) is 19.6 Å². The summed E-state index contributed by atoms with van der Waals surface area (Å²) >= 11 is 0. The van der Waals surface area contributed by atoms with Gasteiger partial charge in [-0.25, -0.2) is 0 Å². The van der Waals surface area contributed by atoms with Crippen LogP contribution in [0.5, 0.6) is 0 Å². The number of hydrogen-bond acceptors (Lipinski definition) is 11. The number of likely N-dealkylation sites (tertiary alicyclic amines) is 1. The van der Waals surface area contributed by atoms with E-state index in [0.717, 1.165) is 12.0 Å². The van der Waals surface area contributed by atoms with Crippen molar-refractivity contribution in [1.29, 1.82) is 0 Å². The van der Waals surface area contributed by atoms with E-state index >= 15 is 0 Å². The third kappa shape index (κ3) is 12.5. The topological polar surface area (TPSA) is 291 Å². The normalized spacial score (nSPS) is 23.6. The maximum atomic E-state index is 13.9. The Balaban J connectivity index is 1.03. The second kappa shape index (κ2) is 22.7. The molecule has 4 saturated heterocycles. The van der Waals surface area contributed by atoms with Gasteiger partial charge in [0.1, 0.15) is 42.3 Å². The molecule has 0 unspecified atom stereocenters. The highest BCUT2D eigenvalue weighted by Gasteiger charge is 2.48. The molecule has 4 heterocycles. The van der Waals surface area contributed by atoms with Crippen LogP contribution in [-0.4, -0.2) is 148 Å². The second-order valence-electron chi connectivity index (χ2n) is 17.6. The number of primary amides is 1. The molecule has 0 aliphatic carbocycles. The molecule has 2 aromatic rings. The number of nitrogens with one attached hydrogen (secondary N) is 7. The number of aliphatic hydroxyl groups excluding tert-OH is 1. The number of aliphatic hydroxyl groups is 1. The Kier molecular flexibility index (Phi) is 16.8. The first-order chi connectivity index (χ1) is 31.6. The van der Waals surface area contributed by atoms with E-state index in [0.29, 0.717) is 44.2 Å². The Morgan fingerprint density at radius 2 is 1.38 bits per heavy atom. The summed E-state index contributed by atoms with van der Waals surface area (Å²) in [6.07, 6.45) is 2.87. The van der Waals surface area contributed by atoms with Crippen molar-refractivity contribution in [2.45, 2.75) is 139 Å². The molecule has 4 aliphatic rings. The molecule has 0 radical (unpaired) electrons. The highest BCUT2D eigenvalue weighted by Crippen LogP contribution is 2.32. The Hall–Kier alpha value is -6.41. The van der Waals surface area contributed by atoms with Crippen molar-refractivity contribution >= 4 is 53.2 Å². The van der Waals surface area contributed by atoms with Gasteiger partial charge in [-0.05, 0) is 82.9 Å². The standard InChI is InChI=1S/C46H62N10O10/c1-26(40(60)51-32(39(47)59)22-28-12-5-3-6-13-28)50-42(62)33(23-29-14-7-4-8-15-29)52-44(64)35-19-11-21-55(35)37(58)25-49-43(63)36-18-9-16-30-24-34(46(66)56(30)36)53-45(65)38(27(2)57)54-41(61)31-17-10-20-48-31/h3-8,12-15,26-27,30-36,38,48,57H,9-11,16-25H2,1-2H3,(H2,47,59)(H,49,63)(H,50,62)(H,51,60)(H,52,64)(H,53,65)(H,54,61)/t26-,27+,30+,31-,32-,33-,34-,35-,36-,38-/m0/s1. The number of carbonyl (C=O) groups is 9. The smallest absolute Gasteiger partial charge is 0.246 e. The van der Waals surface area contributed by atoms with Crippen molar-refractivity contribution in [2.24, 2.45) is 5.73 Å². The summed E-state index contributed by atoms with van der Waals surface area (Å²) in [7, 11) is 0. The molecule has 0 bridgehead atoms. The Bertz CT molecular complexity index is 2100. The lowest BCUT2D eigenvalue weighted by Crippen LogP contribution is -2.59. The third-order valence-electron chi connectivity index (χ3n) is 12.8.